The first-order chi connectivity index (χ1) is 10.0. The second-order valence-corrected chi connectivity index (χ2v) is 5.34. The van der Waals surface area contributed by atoms with E-state index in [1.807, 2.05) is 18.4 Å². The molecule has 2 aromatic rings. The average molecular weight is 306 g/mol. The molecule has 0 atom stereocenters. The summed E-state index contributed by atoms with van der Waals surface area (Å²) < 4.78 is 0. The van der Waals surface area contributed by atoms with Crippen molar-refractivity contribution in [3.63, 3.8) is 0 Å². The van der Waals surface area contributed by atoms with Crippen LogP contribution in [0.1, 0.15) is 27.7 Å². The summed E-state index contributed by atoms with van der Waals surface area (Å²) >= 11 is 1.57. The number of nitro benzene ring substituents is 1. The van der Waals surface area contributed by atoms with E-state index in [1.54, 1.807) is 11.3 Å². The number of thiophene rings is 1. The van der Waals surface area contributed by atoms with Gasteiger partial charge in [-0.15, -0.1) is 11.3 Å². The van der Waals surface area contributed by atoms with E-state index in [9.17, 15) is 14.9 Å². The number of aromatic carboxylic acids is 1. The molecular weight excluding hydrogens is 292 g/mol. The van der Waals surface area contributed by atoms with Crippen LogP contribution in [0, 0.1) is 10.1 Å². The number of nitro groups is 1. The predicted octanol–water partition coefficient (Wildman–Crippen LogP) is 3.53. The van der Waals surface area contributed by atoms with Crippen LogP contribution in [0.5, 0.6) is 0 Å². The Morgan fingerprint density at radius 1 is 1.43 bits per heavy atom. The van der Waals surface area contributed by atoms with Crippen LogP contribution in [-0.2, 0) is 13.0 Å². The van der Waals surface area contributed by atoms with Crippen LogP contribution >= 0.6 is 11.3 Å². The van der Waals surface area contributed by atoms with Gasteiger partial charge in [0.25, 0.3) is 0 Å². The Morgan fingerprint density at radius 2 is 2.19 bits per heavy atom. The maximum atomic E-state index is 11.1. The lowest BCUT2D eigenvalue weighted by Gasteiger charge is -2.08. The summed E-state index contributed by atoms with van der Waals surface area (Å²) in [5.41, 5.74) is 0.686. The van der Waals surface area contributed by atoms with Gasteiger partial charge < -0.3 is 10.4 Å². The minimum atomic E-state index is -1.31. The lowest BCUT2D eigenvalue weighted by atomic mass is 10.1. The highest BCUT2D eigenvalue weighted by Gasteiger charge is 2.24. The van der Waals surface area contributed by atoms with E-state index >= 15 is 0 Å². The summed E-state index contributed by atoms with van der Waals surface area (Å²) in [7, 11) is 0. The van der Waals surface area contributed by atoms with E-state index in [2.05, 4.69) is 5.32 Å². The van der Waals surface area contributed by atoms with Gasteiger partial charge >= 0.3 is 11.7 Å². The SMILES string of the molecule is CCc1ccsc1CNc1cccc(C(=O)O)c1[N+](=O)[O-]. The van der Waals surface area contributed by atoms with Gasteiger partial charge in [-0.3, -0.25) is 10.1 Å². The molecule has 0 aliphatic carbocycles. The Balaban J connectivity index is 2.30. The number of carbonyl (C=O) groups is 1. The van der Waals surface area contributed by atoms with Gasteiger partial charge in [-0.05, 0) is 35.6 Å². The van der Waals surface area contributed by atoms with Crippen LogP contribution in [0.2, 0.25) is 0 Å². The molecule has 0 saturated carbocycles. The molecule has 0 amide bonds. The van der Waals surface area contributed by atoms with Crippen LogP contribution in [0.25, 0.3) is 0 Å². The first kappa shape index (κ1) is 15.0. The molecule has 0 fully saturated rings. The molecule has 2 N–H and O–H groups in total. The number of hydrogen-bond donors (Lipinski definition) is 2. The van der Waals surface area contributed by atoms with Crippen LogP contribution in [0.15, 0.2) is 29.6 Å². The third kappa shape index (κ3) is 3.19. The van der Waals surface area contributed by atoms with Crippen molar-refractivity contribution >= 4 is 28.7 Å². The average Bonchev–Trinajstić information content (AvgIpc) is 2.91. The van der Waals surface area contributed by atoms with E-state index in [-0.39, 0.29) is 11.3 Å². The highest BCUT2D eigenvalue weighted by atomic mass is 32.1. The Labute approximate surface area is 125 Å². The topological polar surface area (TPSA) is 92.5 Å². The van der Waals surface area contributed by atoms with E-state index in [4.69, 9.17) is 5.11 Å². The monoisotopic (exact) mass is 306 g/mol. The second-order valence-electron chi connectivity index (χ2n) is 4.34. The zero-order chi connectivity index (χ0) is 15.4. The van der Waals surface area contributed by atoms with E-state index < -0.39 is 16.6 Å². The zero-order valence-electron chi connectivity index (χ0n) is 11.3. The molecule has 1 aromatic heterocycles. The third-order valence-corrected chi connectivity index (χ3v) is 4.07. The van der Waals surface area contributed by atoms with Crippen molar-refractivity contribution < 1.29 is 14.8 Å². The van der Waals surface area contributed by atoms with Crippen molar-refractivity contribution in [3.8, 4) is 0 Å². The largest absolute Gasteiger partial charge is 0.477 e. The number of benzene rings is 1. The molecule has 7 heteroatoms. The van der Waals surface area contributed by atoms with Crippen molar-refractivity contribution in [2.24, 2.45) is 0 Å². The van der Waals surface area contributed by atoms with Crippen LogP contribution < -0.4 is 5.32 Å². The van der Waals surface area contributed by atoms with Gasteiger partial charge in [-0.25, -0.2) is 4.79 Å². The first-order valence-corrected chi connectivity index (χ1v) is 7.22. The van der Waals surface area contributed by atoms with E-state index in [0.717, 1.165) is 11.3 Å². The molecule has 0 bridgehead atoms. The van der Waals surface area contributed by atoms with E-state index in [1.165, 1.54) is 23.8 Å². The molecule has 0 spiro atoms. The number of para-hydroxylation sites is 1. The third-order valence-electron chi connectivity index (χ3n) is 3.11. The fraction of sp³-hybridized carbons (Fsp3) is 0.214. The molecule has 0 radical (unpaired) electrons. The molecule has 0 aliphatic heterocycles. The summed E-state index contributed by atoms with van der Waals surface area (Å²) in [5, 5.41) is 25.1. The lowest BCUT2D eigenvalue weighted by Crippen LogP contribution is -2.08. The summed E-state index contributed by atoms with van der Waals surface area (Å²) in [6, 6.07) is 6.26. The van der Waals surface area contributed by atoms with E-state index in [0.29, 0.717) is 6.54 Å². The Morgan fingerprint density at radius 3 is 2.81 bits per heavy atom. The van der Waals surface area contributed by atoms with Crippen molar-refractivity contribution in [3.05, 3.63) is 55.8 Å². The van der Waals surface area contributed by atoms with Crippen molar-refractivity contribution in [2.45, 2.75) is 19.9 Å². The quantitative estimate of drug-likeness (QED) is 0.629. The normalized spacial score (nSPS) is 10.3. The molecule has 1 heterocycles. The Bertz CT molecular complexity index is 681. The van der Waals surface area contributed by atoms with Gasteiger partial charge in [-0.2, -0.15) is 0 Å². The predicted molar refractivity (Wildman–Crippen MR) is 81.1 cm³/mol. The summed E-state index contributed by atoms with van der Waals surface area (Å²) in [4.78, 5) is 22.6. The minimum absolute atomic E-state index is 0.218. The number of nitrogens with zero attached hydrogens (tertiary/aromatic N) is 1. The van der Waals surface area contributed by atoms with Crippen molar-refractivity contribution in [1.29, 1.82) is 0 Å². The van der Waals surface area contributed by atoms with Gasteiger partial charge in [0.2, 0.25) is 0 Å². The Kier molecular flexibility index (Phi) is 4.54. The zero-order valence-corrected chi connectivity index (χ0v) is 12.1. The summed E-state index contributed by atoms with van der Waals surface area (Å²) in [5.74, 6) is -1.31. The molecular formula is C14H14N2O4S. The second kappa shape index (κ2) is 6.36. The fourth-order valence-electron chi connectivity index (χ4n) is 2.07. The number of anilines is 1. The summed E-state index contributed by atoms with van der Waals surface area (Å²) in [6.45, 7) is 2.48. The molecule has 1 aromatic carbocycles. The standard InChI is InChI=1S/C14H14N2O4S/c1-2-9-6-7-21-12(9)8-15-11-5-3-4-10(14(17)18)13(11)16(19)20/h3-7,15H,2,8H2,1H3,(H,17,18). The van der Waals surface area contributed by atoms with Crippen molar-refractivity contribution in [1.82, 2.24) is 0 Å². The number of carboxylic acids is 1. The molecule has 0 unspecified atom stereocenters. The molecule has 110 valence electrons. The number of rotatable bonds is 6. The highest BCUT2D eigenvalue weighted by molar-refractivity contribution is 7.10. The van der Waals surface area contributed by atoms with Crippen molar-refractivity contribution in [2.75, 3.05) is 5.32 Å². The minimum Gasteiger partial charge on any atom is -0.477 e. The van der Waals surface area contributed by atoms with Crippen LogP contribution in [0.3, 0.4) is 0 Å². The maximum absolute atomic E-state index is 11.1. The van der Waals surface area contributed by atoms with Gasteiger partial charge in [0.1, 0.15) is 11.3 Å². The highest BCUT2D eigenvalue weighted by Crippen LogP contribution is 2.30. The molecule has 0 aliphatic rings. The maximum Gasteiger partial charge on any atom is 0.342 e. The number of hydrogen-bond acceptors (Lipinski definition) is 5. The van der Waals surface area contributed by atoms with Gasteiger partial charge in [-0.1, -0.05) is 13.0 Å². The number of nitrogens with one attached hydrogen (secondary N) is 1. The lowest BCUT2D eigenvalue weighted by molar-refractivity contribution is -0.384. The summed E-state index contributed by atoms with van der Waals surface area (Å²) in [6.07, 6.45) is 0.887. The Hall–Kier alpha value is -2.41. The molecule has 0 saturated heterocycles. The fourth-order valence-corrected chi connectivity index (χ4v) is 2.98. The van der Waals surface area contributed by atoms with Crippen LogP contribution in [0.4, 0.5) is 11.4 Å². The molecule has 2 rings (SSSR count). The van der Waals surface area contributed by atoms with Gasteiger partial charge in [0.15, 0.2) is 0 Å². The number of carboxylic acid groups (broad SMARTS) is 1. The number of aryl methyl sites for hydroxylation is 1. The first-order valence-electron chi connectivity index (χ1n) is 6.34. The smallest absolute Gasteiger partial charge is 0.342 e. The van der Waals surface area contributed by atoms with Gasteiger partial charge in [0, 0.05) is 11.4 Å². The molecule has 6 nitrogen and oxygen atoms in total. The van der Waals surface area contributed by atoms with Crippen LogP contribution in [-0.4, -0.2) is 16.0 Å². The molecule has 21 heavy (non-hydrogen) atoms. The van der Waals surface area contributed by atoms with Gasteiger partial charge in [0.05, 0.1) is 4.92 Å².